The zero-order valence-electron chi connectivity index (χ0n) is 6.76. The van der Waals surface area contributed by atoms with Crippen LogP contribution in [0.3, 0.4) is 0 Å². The van der Waals surface area contributed by atoms with Crippen LogP contribution in [0.2, 0.25) is 0 Å². The van der Waals surface area contributed by atoms with Gasteiger partial charge in [-0.25, -0.2) is 0 Å². The van der Waals surface area contributed by atoms with Crippen LogP contribution in [-0.4, -0.2) is 28.8 Å². The van der Waals surface area contributed by atoms with Gasteiger partial charge in [-0.15, -0.1) is 0 Å². The molecule has 0 amide bonds. The summed E-state index contributed by atoms with van der Waals surface area (Å²) in [6.07, 6.45) is -0.310. The van der Waals surface area contributed by atoms with Crippen molar-refractivity contribution in [1.82, 2.24) is 4.90 Å². The van der Waals surface area contributed by atoms with Crippen LogP contribution in [-0.2, 0) is 0 Å². The summed E-state index contributed by atoms with van der Waals surface area (Å²) in [4.78, 5) is 2.01. The highest BCUT2D eigenvalue weighted by Crippen LogP contribution is 2.00. The maximum absolute atomic E-state index is 9.11. The Labute approximate surface area is 57.5 Å². The van der Waals surface area contributed by atoms with E-state index in [9.17, 15) is 0 Å². The SMILES string of the molecule is CCN(C(C)C)C(C)O. The molecule has 1 atom stereocenters. The molecule has 1 N–H and O–H groups in total. The normalized spacial score (nSPS) is 15.0. The maximum Gasteiger partial charge on any atom is 0.104 e. The highest BCUT2D eigenvalue weighted by Gasteiger charge is 2.10. The highest BCUT2D eigenvalue weighted by molar-refractivity contribution is 4.59. The van der Waals surface area contributed by atoms with Crippen molar-refractivity contribution < 1.29 is 5.11 Å². The molecule has 2 nitrogen and oxygen atoms in total. The van der Waals surface area contributed by atoms with Crippen LogP contribution in [0.15, 0.2) is 0 Å². The van der Waals surface area contributed by atoms with E-state index in [2.05, 4.69) is 13.8 Å². The number of aliphatic hydroxyl groups is 1. The Hall–Kier alpha value is -0.0800. The topological polar surface area (TPSA) is 23.5 Å². The minimum atomic E-state index is -0.310. The lowest BCUT2D eigenvalue weighted by atomic mass is 10.3. The van der Waals surface area contributed by atoms with E-state index in [1.165, 1.54) is 0 Å². The number of rotatable bonds is 3. The van der Waals surface area contributed by atoms with Crippen molar-refractivity contribution in [3.05, 3.63) is 0 Å². The molecule has 0 saturated heterocycles. The van der Waals surface area contributed by atoms with E-state index in [0.29, 0.717) is 6.04 Å². The highest BCUT2D eigenvalue weighted by atomic mass is 16.3. The fourth-order valence-corrected chi connectivity index (χ4v) is 1.06. The first kappa shape index (κ1) is 8.92. The van der Waals surface area contributed by atoms with E-state index in [0.717, 1.165) is 6.54 Å². The molecule has 0 aromatic rings. The summed E-state index contributed by atoms with van der Waals surface area (Å²) in [7, 11) is 0. The van der Waals surface area contributed by atoms with E-state index in [4.69, 9.17) is 5.11 Å². The molecule has 0 aromatic carbocycles. The Kier molecular flexibility index (Phi) is 3.82. The summed E-state index contributed by atoms with van der Waals surface area (Å²) < 4.78 is 0. The van der Waals surface area contributed by atoms with Crippen LogP contribution in [0, 0.1) is 0 Å². The van der Waals surface area contributed by atoms with Crippen molar-refractivity contribution in [1.29, 1.82) is 0 Å². The predicted octanol–water partition coefficient (Wildman–Crippen LogP) is 1.05. The van der Waals surface area contributed by atoms with Crippen LogP contribution in [0.25, 0.3) is 0 Å². The van der Waals surface area contributed by atoms with Crippen LogP contribution in [0.1, 0.15) is 27.7 Å². The first-order chi connectivity index (χ1) is 4.09. The van der Waals surface area contributed by atoms with Gasteiger partial charge in [-0.1, -0.05) is 6.92 Å². The molecular weight excluding hydrogens is 114 g/mol. The summed E-state index contributed by atoms with van der Waals surface area (Å²) in [5.74, 6) is 0. The minimum absolute atomic E-state index is 0.310. The molecule has 0 fully saturated rings. The summed E-state index contributed by atoms with van der Waals surface area (Å²) >= 11 is 0. The summed E-state index contributed by atoms with van der Waals surface area (Å²) in [6.45, 7) is 8.91. The van der Waals surface area contributed by atoms with Gasteiger partial charge in [0, 0.05) is 6.04 Å². The molecule has 0 aliphatic heterocycles. The molecule has 0 aliphatic rings. The lowest BCUT2D eigenvalue weighted by Crippen LogP contribution is -2.38. The van der Waals surface area contributed by atoms with Crippen LogP contribution in [0.5, 0.6) is 0 Å². The number of hydrogen-bond donors (Lipinski definition) is 1. The average Bonchev–Trinajstić information content (AvgIpc) is 1.64. The predicted molar refractivity (Wildman–Crippen MR) is 39.2 cm³/mol. The summed E-state index contributed by atoms with van der Waals surface area (Å²) in [6, 6.07) is 0.440. The van der Waals surface area contributed by atoms with Gasteiger partial charge in [-0.3, -0.25) is 4.90 Å². The molecule has 9 heavy (non-hydrogen) atoms. The molecule has 0 aliphatic carbocycles. The van der Waals surface area contributed by atoms with Gasteiger partial charge >= 0.3 is 0 Å². The summed E-state index contributed by atoms with van der Waals surface area (Å²) in [5, 5.41) is 9.11. The Morgan fingerprint density at radius 3 is 1.78 bits per heavy atom. The van der Waals surface area contributed by atoms with Gasteiger partial charge in [0.1, 0.15) is 6.23 Å². The molecule has 0 rings (SSSR count). The van der Waals surface area contributed by atoms with E-state index >= 15 is 0 Å². The van der Waals surface area contributed by atoms with Crippen molar-refractivity contribution in [2.24, 2.45) is 0 Å². The Morgan fingerprint density at radius 2 is 1.78 bits per heavy atom. The molecule has 0 radical (unpaired) electrons. The molecule has 0 bridgehead atoms. The third-order valence-corrected chi connectivity index (χ3v) is 1.51. The molecule has 0 aromatic heterocycles. The van der Waals surface area contributed by atoms with Crippen molar-refractivity contribution >= 4 is 0 Å². The van der Waals surface area contributed by atoms with Gasteiger partial charge in [0.15, 0.2) is 0 Å². The van der Waals surface area contributed by atoms with Crippen LogP contribution < -0.4 is 0 Å². The van der Waals surface area contributed by atoms with Crippen molar-refractivity contribution in [2.75, 3.05) is 6.54 Å². The fraction of sp³-hybridized carbons (Fsp3) is 1.00. The van der Waals surface area contributed by atoms with Gasteiger partial charge in [0.05, 0.1) is 0 Å². The first-order valence-corrected chi connectivity index (χ1v) is 3.53. The van der Waals surface area contributed by atoms with E-state index in [1.807, 2.05) is 11.8 Å². The van der Waals surface area contributed by atoms with Crippen molar-refractivity contribution in [3.8, 4) is 0 Å². The minimum Gasteiger partial charge on any atom is -0.379 e. The molecule has 0 saturated carbocycles. The molecule has 0 heterocycles. The van der Waals surface area contributed by atoms with Gasteiger partial charge in [0.2, 0.25) is 0 Å². The molecule has 1 unspecified atom stereocenters. The van der Waals surface area contributed by atoms with E-state index in [1.54, 1.807) is 6.92 Å². The molecular formula is C7H17NO. The van der Waals surface area contributed by atoms with E-state index < -0.39 is 0 Å². The second-order valence-electron chi connectivity index (χ2n) is 2.56. The standard InChI is InChI=1S/C7H17NO/c1-5-8(6(2)3)7(4)9/h6-7,9H,5H2,1-4H3. The Morgan fingerprint density at radius 1 is 1.33 bits per heavy atom. The second-order valence-corrected chi connectivity index (χ2v) is 2.56. The van der Waals surface area contributed by atoms with E-state index in [-0.39, 0.29) is 6.23 Å². The zero-order chi connectivity index (χ0) is 7.44. The Balaban J connectivity index is 3.68. The van der Waals surface area contributed by atoms with Crippen LogP contribution in [0.4, 0.5) is 0 Å². The number of nitrogens with zero attached hydrogens (tertiary/aromatic N) is 1. The van der Waals surface area contributed by atoms with Gasteiger partial charge in [-0.05, 0) is 27.3 Å². The molecule has 0 spiro atoms. The smallest absolute Gasteiger partial charge is 0.104 e. The first-order valence-electron chi connectivity index (χ1n) is 3.53. The van der Waals surface area contributed by atoms with Crippen molar-refractivity contribution in [3.63, 3.8) is 0 Å². The molecule has 56 valence electrons. The number of hydrogen-bond acceptors (Lipinski definition) is 2. The zero-order valence-corrected chi connectivity index (χ0v) is 6.76. The van der Waals surface area contributed by atoms with Gasteiger partial charge in [0.25, 0.3) is 0 Å². The number of aliphatic hydroxyl groups excluding tert-OH is 1. The largest absolute Gasteiger partial charge is 0.379 e. The molecule has 2 heteroatoms. The monoisotopic (exact) mass is 131 g/mol. The van der Waals surface area contributed by atoms with Gasteiger partial charge < -0.3 is 5.11 Å². The lowest BCUT2D eigenvalue weighted by Gasteiger charge is -2.27. The van der Waals surface area contributed by atoms with Gasteiger partial charge in [-0.2, -0.15) is 0 Å². The van der Waals surface area contributed by atoms with Crippen molar-refractivity contribution in [2.45, 2.75) is 40.0 Å². The quantitative estimate of drug-likeness (QED) is 0.579. The Bertz CT molecular complexity index is 63.3. The fourth-order valence-electron chi connectivity index (χ4n) is 1.06. The summed E-state index contributed by atoms with van der Waals surface area (Å²) in [5.41, 5.74) is 0. The second kappa shape index (κ2) is 3.85. The maximum atomic E-state index is 9.11. The third kappa shape index (κ3) is 2.82. The third-order valence-electron chi connectivity index (χ3n) is 1.51. The average molecular weight is 131 g/mol. The van der Waals surface area contributed by atoms with Crippen LogP contribution >= 0.6 is 0 Å². The lowest BCUT2D eigenvalue weighted by molar-refractivity contribution is 0.00171.